The van der Waals surface area contributed by atoms with E-state index < -0.39 is 0 Å². The molecular weight excluding hydrogens is 384 g/mol. The zero-order chi connectivity index (χ0) is 21.0. The number of likely N-dealkylation sites (tertiary alicyclic amines) is 1. The Morgan fingerprint density at radius 2 is 1.90 bits per heavy atom. The Hall–Kier alpha value is -3.05. The van der Waals surface area contributed by atoms with Gasteiger partial charge in [-0.3, -0.25) is 4.68 Å². The number of rotatable bonds is 7. The van der Waals surface area contributed by atoms with Crippen LogP contribution in [0.4, 0.5) is 0 Å². The maximum atomic E-state index is 6.08. The van der Waals surface area contributed by atoms with E-state index in [-0.39, 0.29) is 0 Å². The van der Waals surface area contributed by atoms with Gasteiger partial charge in [0.15, 0.2) is 0 Å². The fourth-order valence-corrected chi connectivity index (χ4v) is 4.65. The van der Waals surface area contributed by atoms with Gasteiger partial charge < -0.3 is 14.6 Å². The first-order valence-corrected chi connectivity index (χ1v) is 11.2. The molecule has 0 saturated carbocycles. The first-order chi connectivity index (χ1) is 15.2. The Morgan fingerprint density at radius 3 is 2.68 bits per heavy atom. The van der Waals surface area contributed by atoms with Crippen LogP contribution in [-0.2, 0) is 20.1 Å². The van der Waals surface area contributed by atoms with Gasteiger partial charge >= 0.3 is 0 Å². The van der Waals surface area contributed by atoms with E-state index in [9.17, 15) is 0 Å². The van der Waals surface area contributed by atoms with Gasteiger partial charge in [0.25, 0.3) is 0 Å². The van der Waals surface area contributed by atoms with Gasteiger partial charge in [-0.05, 0) is 73.2 Å². The molecule has 1 fully saturated rings. The Morgan fingerprint density at radius 1 is 1.06 bits per heavy atom. The van der Waals surface area contributed by atoms with Gasteiger partial charge in [0.2, 0.25) is 0 Å². The quantitative estimate of drug-likeness (QED) is 0.468. The fourth-order valence-electron chi connectivity index (χ4n) is 4.65. The number of nitrogens with one attached hydrogen (secondary N) is 1. The van der Waals surface area contributed by atoms with Crippen molar-refractivity contribution in [2.24, 2.45) is 7.05 Å². The molecule has 31 heavy (non-hydrogen) atoms. The highest BCUT2D eigenvalue weighted by Crippen LogP contribution is 2.34. The summed E-state index contributed by atoms with van der Waals surface area (Å²) in [7, 11) is 1.98. The van der Waals surface area contributed by atoms with Gasteiger partial charge in [-0.2, -0.15) is 5.10 Å². The van der Waals surface area contributed by atoms with Crippen LogP contribution in [0.1, 0.15) is 35.4 Å². The van der Waals surface area contributed by atoms with Crippen LogP contribution in [0.3, 0.4) is 0 Å². The van der Waals surface area contributed by atoms with Crippen molar-refractivity contribution >= 4 is 10.9 Å². The van der Waals surface area contributed by atoms with E-state index in [4.69, 9.17) is 4.74 Å². The van der Waals surface area contributed by atoms with Crippen LogP contribution in [0.25, 0.3) is 10.9 Å². The third-order valence-electron chi connectivity index (χ3n) is 6.44. The molecule has 2 aromatic heterocycles. The van der Waals surface area contributed by atoms with E-state index in [1.165, 1.54) is 40.4 Å². The van der Waals surface area contributed by atoms with Crippen molar-refractivity contribution in [1.29, 1.82) is 0 Å². The number of piperidine rings is 1. The summed E-state index contributed by atoms with van der Waals surface area (Å²) < 4.78 is 7.96. The molecule has 0 amide bonds. The highest BCUT2D eigenvalue weighted by molar-refractivity contribution is 5.85. The molecule has 1 aliphatic rings. The van der Waals surface area contributed by atoms with Gasteiger partial charge in [0.1, 0.15) is 12.4 Å². The second kappa shape index (κ2) is 8.98. The molecular formula is C26H30N4O. The summed E-state index contributed by atoms with van der Waals surface area (Å²) in [5.41, 5.74) is 5.15. The molecule has 1 saturated heterocycles. The second-order valence-electron chi connectivity index (χ2n) is 8.61. The van der Waals surface area contributed by atoms with Crippen molar-refractivity contribution in [3.05, 3.63) is 83.8 Å². The van der Waals surface area contributed by atoms with Gasteiger partial charge in [-0.15, -0.1) is 0 Å². The lowest BCUT2D eigenvalue weighted by atomic mass is 9.89. The fraction of sp³-hybridized carbons (Fsp3) is 0.346. The van der Waals surface area contributed by atoms with Crippen LogP contribution >= 0.6 is 0 Å². The number of aromatic amines is 1. The minimum Gasteiger partial charge on any atom is -0.489 e. The lowest BCUT2D eigenvalue weighted by Crippen LogP contribution is -2.34. The summed E-state index contributed by atoms with van der Waals surface area (Å²) in [5.74, 6) is 1.54. The number of aromatic nitrogens is 3. The Labute approximate surface area is 183 Å². The van der Waals surface area contributed by atoms with Gasteiger partial charge in [0.05, 0.1) is 6.20 Å². The summed E-state index contributed by atoms with van der Waals surface area (Å²) in [4.78, 5) is 6.06. The van der Waals surface area contributed by atoms with Crippen LogP contribution < -0.4 is 4.74 Å². The number of nitrogens with zero attached hydrogens (tertiary/aromatic N) is 3. The van der Waals surface area contributed by atoms with E-state index >= 15 is 0 Å². The maximum Gasteiger partial charge on any atom is 0.120 e. The number of fused-ring (bicyclic) bond motifs is 1. The van der Waals surface area contributed by atoms with E-state index in [1.807, 2.05) is 24.0 Å². The average molecular weight is 415 g/mol. The molecule has 0 bridgehead atoms. The Balaban J connectivity index is 1.21. The molecule has 0 radical (unpaired) electrons. The highest BCUT2D eigenvalue weighted by Gasteiger charge is 2.23. The standard InChI is InChI=1S/C26H30N4O/c1-29-18-21(16-28-29)9-12-30-13-10-22(11-14-30)25-17-27-26-8-7-23(15-24(25)26)31-19-20-5-3-2-4-6-20/h2-8,15-18,22,27H,9-14,19H2,1H3. The molecule has 5 rings (SSSR count). The maximum absolute atomic E-state index is 6.08. The zero-order valence-corrected chi connectivity index (χ0v) is 18.1. The van der Waals surface area contributed by atoms with Crippen molar-refractivity contribution in [3.63, 3.8) is 0 Å². The summed E-state index contributed by atoms with van der Waals surface area (Å²) >= 11 is 0. The van der Waals surface area contributed by atoms with Gasteiger partial charge in [0, 0.05) is 36.9 Å². The topological polar surface area (TPSA) is 46.1 Å². The van der Waals surface area contributed by atoms with Crippen LogP contribution in [0.2, 0.25) is 0 Å². The first kappa shape index (κ1) is 19.9. The molecule has 0 aliphatic carbocycles. The second-order valence-corrected chi connectivity index (χ2v) is 8.61. The minimum absolute atomic E-state index is 0.599. The van der Waals surface area contributed by atoms with Crippen molar-refractivity contribution in [3.8, 4) is 5.75 Å². The molecule has 0 spiro atoms. The Kier molecular flexibility index (Phi) is 5.76. The van der Waals surface area contributed by atoms with Crippen molar-refractivity contribution < 1.29 is 4.74 Å². The molecule has 5 nitrogen and oxygen atoms in total. The smallest absolute Gasteiger partial charge is 0.120 e. The van der Waals surface area contributed by atoms with Crippen molar-refractivity contribution in [1.82, 2.24) is 19.7 Å². The lowest BCUT2D eigenvalue weighted by Gasteiger charge is -2.31. The van der Waals surface area contributed by atoms with Crippen molar-refractivity contribution in [2.75, 3.05) is 19.6 Å². The molecule has 0 unspecified atom stereocenters. The highest BCUT2D eigenvalue weighted by atomic mass is 16.5. The number of H-pyrrole nitrogens is 1. The van der Waals surface area contributed by atoms with Crippen LogP contribution in [0, 0.1) is 0 Å². The van der Waals surface area contributed by atoms with E-state index in [0.29, 0.717) is 12.5 Å². The third-order valence-corrected chi connectivity index (χ3v) is 6.44. The number of aryl methyl sites for hydroxylation is 1. The van der Waals surface area contributed by atoms with Crippen molar-refractivity contribution in [2.45, 2.75) is 31.8 Å². The zero-order valence-electron chi connectivity index (χ0n) is 18.1. The van der Waals surface area contributed by atoms with Crippen LogP contribution in [0.15, 0.2) is 67.1 Å². The van der Waals surface area contributed by atoms with E-state index in [0.717, 1.165) is 31.8 Å². The van der Waals surface area contributed by atoms with Gasteiger partial charge in [-0.1, -0.05) is 30.3 Å². The van der Waals surface area contributed by atoms with Gasteiger partial charge in [-0.25, -0.2) is 0 Å². The Bertz CT molecular complexity index is 1120. The number of benzene rings is 2. The summed E-state index contributed by atoms with van der Waals surface area (Å²) in [6.07, 6.45) is 9.80. The van der Waals surface area contributed by atoms with E-state index in [1.54, 1.807) is 0 Å². The number of ether oxygens (including phenoxy) is 1. The normalized spacial score (nSPS) is 15.5. The summed E-state index contributed by atoms with van der Waals surface area (Å²) in [5, 5.41) is 5.58. The summed E-state index contributed by atoms with van der Waals surface area (Å²) in [6.45, 7) is 4.02. The van der Waals surface area contributed by atoms with Crippen LogP contribution in [-0.4, -0.2) is 39.3 Å². The molecule has 3 heterocycles. The first-order valence-electron chi connectivity index (χ1n) is 11.2. The van der Waals surface area contributed by atoms with E-state index in [2.05, 4.69) is 69.8 Å². The number of hydrogen-bond acceptors (Lipinski definition) is 3. The third kappa shape index (κ3) is 4.67. The minimum atomic E-state index is 0.599. The predicted octanol–water partition coefficient (Wildman–Crippen LogP) is 4.90. The monoisotopic (exact) mass is 414 g/mol. The molecule has 160 valence electrons. The molecule has 4 aromatic rings. The molecule has 5 heteroatoms. The molecule has 1 N–H and O–H groups in total. The average Bonchev–Trinajstić information content (AvgIpc) is 3.43. The van der Waals surface area contributed by atoms with Crippen LogP contribution in [0.5, 0.6) is 5.75 Å². The molecule has 1 aliphatic heterocycles. The number of hydrogen-bond donors (Lipinski definition) is 1. The summed E-state index contributed by atoms with van der Waals surface area (Å²) in [6, 6.07) is 16.7. The lowest BCUT2D eigenvalue weighted by molar-refractivity contribution is 0.215. The SMILES string of the molecule is Cn1cc(CCN2CCC(c3c[nH]c4ccc(OCc5ccccc5)cc34)CC2)cn1. The predicted molar refractivity (Wildman–Crippen MR) is 124 cm³/mol. The molecule has 0 atom stereocenters. The molecule has 2 aromatic carbocycles. The largest absolute Gasteiger partial charge is 0.489 e.